The highest BCUT2D eigenvalue weighted by Crippen LogP contribution is 2.25. The molecule has 1 unspecified atom stereocenters. The van der Waals surface area contributed by atoms with Crippen LogP contribution in [0.1, 0.15) is 22.7 Å². The smallest absolute Gasteiger partial charge is 0.270 e. The minimum atomic E-state index is -0.398. The topological polar surface area (TPSA) is 69.2 Å². The molecule has 2 aromatic carbocycles. The molecule has 98 valence electrons. The van der Waals surface area contributed by atoms with Crippen LogP contribution in [0, 0.1) is 17.0 Å². The largest absolute Gasteiger partial charge is 0.320 e. The fraction of sp³-hybridized carbons (Fsp3) is 0.143. The number of rotatable bonds is 3. The second-order valence-corrected chi connectivity index (χ2v) is 5.30. The van der Waals surface area contributed by atoms with Gasteiger partial charge in [-0.1, -0.05) is 34.1 Å². The van der Waals surface area contributed by atoms with Crippen molar-refractivity contribution in [2.24, 2.45) is 5.73 Å². The van der Waals surface area contributed by atoms with Crippen LogP contribution < -0.4 is 5.73 Å². The maximum Gasteiger partial charge on any atom is 0.270 e. The third kappa shape index (κ3) is 3.19. The molecule has 1 atom stereocenters. The van der Waals surface area contributed by atoms with E-state index in [0.717, 1.165) is 21.2 Å². The zero-order valence-corrected chi connectivity index (χ0v) is 11.9. The number of nitrogens with two attached hydrogens (primary N) is 1. The normalized spacial score (nSPS) is 12.2. The van der Waals surface area contributed by atoms with Crippen molar-refractivity contribution in [2.45, 2.75) is 13.0 Å². The van der Waals surface area contributed by atoms with Crippen LogP contribution in [0.4, 0.5) is 5.69 Å². The monoisotopic (exact) mass is 320 g/mol. The zero-order valence-electron chi connectivity index (χ0n) is 10.3. The van der Waals surface area contributed by atoms with Crippen LogP contribution in [0.5, 0.6) is 0 Å². The zero-order chi connectivity index (χ0) is 14.0. The lowest BCUT2D eigenvalue weighted by molar-refractivity contribution is -0.385. The highest BCUT2D eigenvalue weighted by atomic mass is 79.9. The summed E-state index contributed by atoms with van der Waals surface area (Å²) in [5, 5.41) is 10.9. The molecule has 2 rings (SSSR count). The molecule has 5 heteroatoms. The van der Waals surface area contributed by atoms with Gasteiger partial charge in [0.2, 0.25) is 0 Å². The molecule has 4 nitrogen and oxygen atoms in total. The van der Waals surface area contributed by atoms with Gasteiger partial charge in [-0.05, 0) is 35.7 Å². The summed E-state index contributed by atoms with van der Waals surface area (Å²) in [5.74, 6) is 0. The van der Waals surface area contributed by atoms with Gasteiger partial charge in [0, 0.05) is 16.6 Å². The molecule has 0 aliphatic heterocycles. The van der Waals surface area contributed by atoms with E-state index in [1.165, 1.54) is 12.1 Å². The highest BCUT2D eigenvalue weighted by Gasteiger charge is 2.14. The molecule has 0 amide bonds. The van der Waals surface area contributed by atoms with Gasteiger partial charge in [0.05, 0.1) is 11.0 Å². The number of halogens is 1. The molecule has 0 fully saturated rings. The maximum absolute atomic E-state index is 10.9. The fourth-order valence-electron chi connectivity index (χ4n) is 1.94. The molecule has 19 heavy (non-hydrogen) atoms. The molecule has 0 saturated heterocycles. The Bertz CT molecular complexity index is 611. The van der Waals surface area contributed by atoms with Gasteiger partial charge in [0.25, 0.3) is 5.69 Å². The van der Waals surface area contributed by atoms with Gasteiger partial charge >= 0.3 is 0 Å². The number of benzene rings is 2. The molecule has 0 radical (unpaired) electrons. The van der Waals surface area contributed by atoms with E-state index in [-0.39, 0.29) is 11.7 Å². The Morgan fingerprint density at radius 2 is 1.79 bits per heavy atom. The number of nitrogens with zero attached hydrogens (tertiary/aromatic N) is 1. The van der Waals surface area contributed by atoms with Crippen molar-refractivity contribution in [2.75, 3.05) is 0 Å². The number of aryl methyl sites for hydroxylation is 1. The van der Waals surface area contributed by atoms with E-state index in [9.17, 15) is 10.1 Å². The Labute approximate surface area is 119 Å². The van der Waals surface area contributed by atoms with Crippen LogP contribution in [0.15, 0.2) is 46.9 Å². The predicted octanol–water partition coefficient (Wildman–Crippen LogP) is 3.71. The van der Waals surface area contributed by atoms with Crippen molar-refractivity contribution in [3.05, 3.63) is 73.7 Å². The number of nitro groups is 1. The van der Waals surface area contributed by atoms with Crippen LogP contribution in [-0.2, 0) is 0 Å². The third-order valence-corrected chi connectivity index (χ3v) is 3.41. The number of nitro benzene ring substituents is 1. The Balaban J connectivity index is 2.40. The van der Waals surface area contributed by atoms with Crippen LogP contribution >= 0.6 is 15.9 Å². The van der Waals surface area contributed by atoms with Crippen LogP contribution in [0.2, 0.25) is 0 Å². The molecule has 0 saturated carbocycles. The molecule has 0 aromatic heterocycles. The van der Waals surface area contributed by atoms with E-state index in [2.05, 4.69) is 15.9 Å². The molecule has 0 aliphatic rings. The summed E-state index contributed by atoms with van der Waals surface area (Å²) in [7, 11) is 0. The maximum atomic E-state index is 10.9. The van der Waals surface area contributed by atoms with E-state index < -0.39 is 4.92 Å². The second-order valence-electron chi connectivity index (χ2n) is 4.39. The third-order valence-electron chi connectivity index (χ3n) is 2.88. The average Bonchev–Trinajstić information content (AvgIpc) is 2.38. The standard InChI is InChI=1S/C14H13BrN2O2/c1-9-6-11(8-13(7-9)17(18)19)14(16)10-2-4-12(15)5-3-10/h2-8,14H,16H2,1H3. The average molecular weight is 321 g/mol. The molecule has 2 N–H and O–H groups in total. The molecule has 0 bridgehead atoms. The van der Waals surface area contributed by atoms with Gasteiger partial charge in [-0.25, -0.2) is 0 Å². The van der Waals surface area contributed by atoms with Crippen LogP contribution in [0.3, 0.4) is 0 Å². The minimum Gasteiger partial charge on any atom is -0.320 e. The first-order chi connectivity index (χ1) is 8.97. The van der Waals surface area contributed by atoms with E-state index >= 15 is 0 Å². The first kappa shape index (κ1) is 13.7. The summed E-state index contributed by atoms with van der Waals surface area (Å²) >= 11 is 3.36. The lowest BCUT2D eigenvalue weighted by Crippen LogP contribution is -2.12. The molecule has 0 heterocycles. The summed E-state index contributed by atoms with van der Waals surface area (Å²) in [6, 6.07) is 12.2. The van der Waals surface area contributed by atoms with Crippen molar-refractivity contribution in [3.63, 3.8) is 0 Å². The molecular formula is C14H13BrN2O2. The first-order valence-corrected chi connectivity index (χ1v) is 6.53. The Kier molecular flexibility index (Phi) is 3.97. The lowest BCUT2D eigenvalue weighted by atomic mass is 9.98. The van der Waals surface area contributed by atoms with Crippen LogP contribution in [0.25, 0.3) is 0 Å². The van der Waals surface area contributed by atoms with Gasteiger partial charge in [0.1, 0.15) is 0 Å². The lowest BCUT2D eigenvalue weighted by Gasteiger charge is -2.13. The van der Waals surface area contributed by atoms with E-state index in [1.807, 2.05) is 37.3 Å². The van der Waals surface area contributed by atoms with Crippen molar-refractivity contribution < 1.29 is 4.92 Å². The molecule has 0 spiro atoms. The van der Waals surface area contributed by atoms with Gasteiger partial charge in [-0.3, -0.25) is 10.1 Å². The SMILES string of the molecule is Cc1cc(C(N)c2ccc(Br)cc2)cc([N+](=O)[O-])c1. The Morgan fingerprint density at radius 1 is 1.16 bits per heavy atom. The summed E-state index contributed by atoms with van der Waals surface area (Å²) in [4.78, 5) is 10.5. The summed E-state index contributed by atoms with van der Waals surface area (Å²) < 4.78 is 0.971. The fourth-order valence-corrected chi connectivity index (χ4v) is 2.20. The van der Waals surface area contributed by atoms with Crippen molar-refractivity contribution >= 4 is 21.6 Å². The summed E-state index contributed by atoms with van der Waals surface area (Å²) in [5.41, 5.74) is 8.73. The number of non-ortho nitro benzene ring substituents is 1. The van der Waals surface area contributed by atoms with Crippen molar-refractivity contribution in [1.29, 1.82) is 0 Å². The molecular weight excluding hydrogens is 308 g/mol. The second kappa shape index (κ2) is 5.50. The van der Waals surface area contributed by atoms with E-state index in [0.29, 0.717) is 0 Å². The van der Waals surface area contributed by atoms with Crippen molar-refractivity contribution in [1.82, 2.24) is 0 Å². The number of hydrogen-bond donors (Lipinski definition) is 1. The minimum absolute atomic E-state index is 0.0718. The van der Waals surface area contributed by atoms with Crippen LogP contribution in [-0.4, -0.2) is 4.92 Å². The van der Waals surface area contributed by atoms with Gasteiger partial charge in [-0.15, -0.1) is 0 Å². The Morgan fingerprint density at radius 3 is 2.37 bits per heavy atom. The molecule has 0 aliphatic carbocycles. The quantitative estimate of drug-likeness (QED) is 0.692. The summed E-state index contributed by atoms with van der Waals surface area (Å²) in [6.45, 7) is 1.82. The van der Waals surface area contributed by atoms with E-state index in [1.54, 1.807) is 0 Å². The van der Waals surface area contributed by atoms with Gasteiger partial charge < -0.3 is 5.73 Å². The van der Waals surface area contributed by atoms with Crippen molar-refractivity contribution in [3.8, 4) is 0 Å². The molecule has 2 aromatic rings. The number of hydrogen-bond acceptors (Lipinski definition) is 3. The predicted molar refractivity (Wildman–Crippen MR) is 78.0 cm³/mol. The first-order valence-electron chi connectivity index (χ1n) is 5.74. The van der Waals surface area contributed by atoms with Gasteiger partial charge in [-0.2, -0.15) is 0 Å². The Hall–Kier alpha value is -1.72. The summed E-state index contributed by atoms with van der Waals surface area (Å²) in [6.07, 6.45) is 0. The highest BCUT2D eigenvalue weighted by molar-refractivity contribution is 9.10. The van der Waals surface area contributed by atoms with Gasteiger partial charge in [0.15, 0.2) is 0 Å². The van der Waals surface area contributed by atoms with E-state index in [4.69, 9.17) is 5.73 Å².